The highest BCUT2D eigenvalue weighted by Crippen LogP contribution is 2.29. The van der Waals surface area contributed by atoms with Crippen LogP contribution >= 0.6 is 46.4 Å². The van der Waals surface area contributed by atoms with E-state index in [0.29, 0.717) is 38.6 Å². The molecule has 0 amide bonds. The van der Waals surface area contributed by atoms with Crippen molar-refractivity contribution < 1.29 is 9.53 Å². The van der Waals surface area contributed by atoms with E-state index in [1.54, 1.807) is 30.3 Å². The summed E-state index contributed by atoms with van der Waals surface area (Å²) in [6.07, 6.45) is 2.32. The van der Waals surface area contributed by atoms with E-state index in [4.69, 9.17) is 51.1 Å². The zero-order valence-corrected chi connectivity index (χ0v) is 18.5. The number of hydrogen-bond donors (Lipinski definition) is 0. The van der Waals surface area contributed by atoms with Crippen LogP contribution in [0.5, 0.6) is 0 Å². The van der Waals surface area contributed by atoms with Crippen molar-refractivity contribution >= 4 is 52.4 Å². The van der Waals surface area contributed by atoms with Crippen molar-refractivity contribution in [3.05, 3.63) is 86.9 Å². The van der Waals surface area contributed by atoms with E-state index in [1.165, 1.54) is 12.7 Å². The van der Waals surface area contributed by atoms with Crippen molar-refractivity contribution in [3.8, 4) is 0 Å². The highest BCUT2D eigenvalue weighted by Gasteiger charge is 2.32. The smallest absolute Gasteiger partial charge is 0.338 e. The molecule has 0 aliphatic heterocycles. The maximum absolute atomic E-state index is 12.5. The second kappa shape index (κ2) is 10.00. The third-order valence-corrected chi connectivity index (χ3v) is 5.87. The van der Waals surface area contributed by atoms with E-state index in [0.717, 1.165) is 5.56 Å². The van der Waals surface area contributed by atoms with E-state index in [9.17, 15) is 4.79 Å². The molecule has 2 aromatic carbocycles. The Morgan fingerprint density at radius 1 is 1.07 bits per heavy atom. The molecule has 0 unspecified atom stereocenters. The first-order valence-electron chi connectivity index (χ1n) is 8.43. The van der Waals surface area contributed by atoms with Crippen molar-refractivity contribution in [2.45, 2.75) is 18.9 Å². The summed E-state index contributed by atoms with van der Waals surface area (Å²) in [7, 11) is 1.92. The topological polar surface area (TPSA) is 29.5 Å². The lowest BCUT2D eigenvalue weighted by molar-refractivity contribution is 0.0425. The zero-order chi connectivity index (χ0) is 20.9. The molecule has 2 aromatic rings. The second-order valence-electron chi connectivity index (χ2n) is 6.60. The highest BCUT2D eigenvalue weighted by molar-refractivity contribution is 6.42. The monoisotopic (exact) mass is 458 g/mol. The first-order valence-corrected chi connectivity index (χ1v) is 9.94. The van der Waals surface area contributed by atoms with Gasteiger partial charge < -0.3 is 4.74 Å². The minimum Gasteiger partial charge on any atom is -0.453 e. The number of carbonyl (C=O) groups is 1. The summed E-state index contributed by atoms with van der Waals surface area (Å²) in [6, 6.07) is 10.0. The lowest BCUT2D eigenvalue weighted by Crippen LogP contribution is -2.47. The number of halogens is 4. The Labute approximate surface area is 185 Å². The Hall–Kier alpha value is -1.23. The quantitative estimate of drug-likeness (QED) is 0.323. The molecule has 149 valence electrons. The maximum atomic E-state index is 12.5. The number of rotatable bonds is 8. The van der Waals surface area contributed by atoms with Gasteiger partial charge in [0.25, 0.3) is 0 Å². The van der Waals surface area contributed by atoms with Gasteiger partial charge in [0.05, 0.1) is 31.2 Å². The summed E-state index contributed by atoms with van der Waals surface area (Å²) in [6.45, 7) is 7.85. The predicted molar refractivity (Wildman–Crippen MR) is 118 cm³/mol. The largest absolute Gasteiger partial charge is 0.453 e. The van der Waals surface area contributed by atoms with Crippen LogP contribution in [0.4, 0.5) is 0 Å². The number of esters is 1. The maximum Gasteiger partial charge on any atom is 0.338 e. The van der Waals surface area contributed by atoms with Gasteiger partial charge in [-0.15, -0.1) is 6.58 Å². The number of nitrogens with zero attached hydrogens (tertiary/aromatic N) is 1. The number of hydrogen-bond acceptors (Lipinski definition) is 3. The lowest BCUT2D eigenvalue weighted by Gasteiger charge is -2.37. The number of carbonyl (C=O) groups excluding carboxylic acids is 1. The molecular formula is C21H20Cl4NO2. The van der Waals surface area contributed by atoms with Gasteiger partial charge in [-0.25, -0.2) is 4.79 Å². The molecule has 0 aliphatic rings. The molecule has 0 N–H and O–H groups in total. The fourth-order valence-corrected chi connectivity index (χ4v) is 3.22. The molecule has 3 nitrogen and oxygen atoms in total. The van der Waals surface area contributed by atoms with Crippen molar-refractivity contribution in [1.82, 2.24) is 4.90 Å². The van der Waals surface area contributed by atoms with Crippen LogP contribution in [0.25, 0.3) is 0 Å². The Morgan fingerprint density at radius 3 is 2.25 bits per heavy atom. The Balaban J connectivity index is 2.19. The highest BCUT2D eigenvalue weighted by atomic mass is 35.5. The molecule has 28 heavy (non-hydrogen) atoms. The van der Waals surface area contributed by atoms with Crippen LogP contribution in [-0.2, 0) is 11.2 Å². The van der Waals surface area contributed by atoms with Crippen LogP contribution < -0.4 is 0 Å². The molecule has 0 spiro atoms. The molecule has 0 heterocycles. The average Bonchev–Trinajstić information content (AvgIpc) is 2.65. The van der Waals surface area contributed by atoms with Gasteiger partial charge in [0.1, 0.15) is 0 Å². The van der Waals surface area contributed by atoms with Gasteiger partial charge in [-0.2, -0.15) is 0 Å². The van der Waals surface area contributed by atoms with Crippen LogP contribution in [0.3, 0.4) is 0 Å². The van der Waals surface area contributed by atoms with Crippen LogP contribution in [0.2, 0.25) is 20.1 Å². The van der Waals surface area contributed by atoms with Crippen LogP contribution in [0, 0.1) is 6.61 Å². The van der Waals surface area contributed by atoms with Gasteiger partial charge >= 0.3 is 5.97 Å². The van der Waals surface area contributed by atoms with Crippen LogP contribution in [0.1, 0.15) is 22.8 Å². The van der Waals surface area contributed by atoms with Gasteiger partial charge in [-0.1, -0.05) is 58.5 Å². The van der Waals surface area contributed by atoms with Gasteiger partial charge in [0.15, 0.2) is 6.61 Å². The normalized spacial score (nSPS) is 13.2. The third kappa shape index (κ3) is 5.88. The van der Waals surface area contributed by atoms with Gasteiger partial charge in [0, 0.05) is 6.54 Å². The van der Waals surface area contributed by atoms with Crippen molar-refractivity contribution in [3.63, 3.8) is 0 Å². The Kier molecular flexibility index (Phi) is 8.23. The zero-order valence-electron chi connectivity index (χ0n) is 15.5. The second-order valence-corrected chi connectivity index (χ2v) is 8.23. The van der Waals surface area contributed by atoms with Gasteiger partial charge in [-0.3, -0.25) is 4.90 Å². The van der Waals surface area contributed by atoms with E-state index in [2.05, 4.69) is 6.58 Å². The van der Waals surface area contributed by atoms with Gasteiger partial charge in [-0.05, 0) is 56.3 Å². The molecule has 0 saturated heterocycles. The Morgan fingerprint density at radius 2 is 1.68 bits per heavy atom. The van der Waals surface area contributed by atoms with Crippen molar-refractivity contribution in [1.29, 1.82) is 0 Å². The number of ether oxygens (including phenoxy) is 1. The summed E-state index contributed by atoms with van der Waals surface area (Å²) in [5.41, 5.74) is 0.653. The van der Waals surface area contributed by atoms with Crippen molar-refractivity contribution in [2.75, 3.05) is 13.6 Å². The fraction of sp³-hybridized carbons (Fsp3) is 0.238. The van der Waals surface area contributed by atoms with E-state index < -0.39 is 11.5 Å². The SMILES string of the molecule is C=CCN(C)[C@](C)([CH]OC(=O)c1ccc(Cl)c(Cl)c1)Cc1ccc(Cl)c(Cl)c1. The lowest BCUT2D eigenvalue weighted by atomic mass is 9.92. The summed E-state index contributed by atoms with van der Waals surface area (Å²) in [4.78, 5) is 14.5. The molecule has 0 saturated carbocycles. The van der Waals surface area contributed by atoms with Crippen LogP contribution in [0.15, 0.2) is 49.1 Å². The van der Waals surface area contributed by atoms with E-state index >= 15 is 0 Å². The summed E-state index contributed by atoms with van der Waals surface area (Å²) in [5, 5.41) is 1.62. The first-order chi connectivity index (χ1) is 13.2. The minimum absolute atomic E-state index is 0.290. The molecule has 7 heteroatoms. The van der Waals surface area contributed by atoms with E-state index in [1.807, 2.05) is 24.9 Å². The molecule has 0 aliphatic carbocycles. The molecule has 0 fully saturated rings. The molecule has 0 aromatic heterocycles. The van der Waals surface area contributed by atoms with Gasteiger partial charge in [0.2, 0.25) is 0 Å². The molecule has 1 atom stereocenters. The molecule has 0 bridgehead atoms. The molecule has 1 radical (unpaired) electrons. The third-order valence-electron chi connectivity index (χ3n) is 4.40. The predicted octanol–water partition coefficient (Wildman–Crippen LogP) is 6.74. The minimum atomic E-state index is -0.614. The van der Waals surface area contributed by atoms with Crippen LogP contribution in [-0.4, -0.2) is 30.0 Å². The number of benzene rings is 2. The molecular weight excluding hydrogens is 440 g/mol. The molecule has 2 rings (SSSR count). The van der Waals surface area contributed by atoms with E-state index in [-0.39, 0.29) is 0 Å². The fourth-order valence-electron chi connectivity index (χ4n) is 2.60. The average molecular weight is 460 g/mol. The summed E-state index contributed by atoms with van der Waals surface area (Å²) in [5.74, 6) is -0.522. The Bertz CT molecular complexity index is 871. The first kappa shape index (κ1) is 23.1. The van der Waals surface area contributed by atoms with Crippen molar-refractivity contribution in [2.24, 2.45) is 0 Å². The number of likely N-dealkylation sites (N-methyl/N-ethyl adjacent to an activating group) is 1. The summed E-state index contributed by atoms with van der Waals surface area (Å²) < 4.78 is 5.48. The standard InChI is InChI=1S/C21H20Cl4NO2/c1-4-9-26(3)21(2,12-14-5-7-16(22)18(24)10-14)13-28-20(27)15-6-8-17(23)19(25)11-15/h4-8,10-11,13H,1,9,12H2,2-3H3/t21-/m0/s1. The summed E-state index contributed by atoms with van der Waals surface area (Å²) >= 11 is 24.0.